The van der Waals surface area contributed by atoms with E-state index in [9.17, 15) is 9.59 Å². The van der Waals surface area contributed by atoms with Crippen LogP contribution in [0.15, 0.2) is 24.3 Å². The number of rotatable bonds is 6. The topological polar surface area (TPSA) is 58.2 Å². The van der Waals surface area contributed by atoms with Gasteiger partial charge in [-0.15, -0.1) is 0 Å². The van der Waals surface area contributed by atoms with E-state index in [1.165, 1.54) is 0 Å². The highest BCUT2D eigenvalue weighted by atomic mass is 16.2. The zero-order valence-corrected chi connectivity index (χ0v) is 12.7. The van der Waals surface area contributed by atoms with Crippen molar-refractivity contribution in [3.63, 3.8) is 0 Å². The fourth-order valence-corrected chi connectivity index (χ4v) is 1.78. The monoisotopic (exact) mass is 276 g/mol. The molecule has 0 fully saturated rings. The van der Waals surface area contributed by atoms with E-state index in [0.29, 0.717) is 17.8 Å². The highest BCUT2D eigenvalue weighted by molar-refractivity contribution is 5.96. The zero-order chi connectivity index (χ0) is 15.2. The number of carbonyl (C=O) groups excluding carboxylic acids is 2. The number of carbonyl (C=O) groups is 2. The van der Waals surface area contributed by atoms with Crippen LogP contribution in [0.25, 0.3) is 0 Å². The second-order valence-electron chi connectivity index (χ2n) is 5.20. The number of amides is 2. The summed E-state index contributed by atoms with van der Waals surface area (Å²) in [6, 6.07) is 7.22. The van der Waals surface area contributed by atoms with Gasteiger partial charge in [0, 0.05) is 23.2 Å². The van der Waals surface area contributed by atoms with Crippen LogP contribution in [0.5, 0.6) is 0 Å². The first-order valence-corrected chi connectivity index (χ1v) is 7.16. The lowest BCUT2D eigenvalue weighted by atomic mass is 9.84. The van der Waals surface area contributed by atoms with Crippen LogP contribution in [-0.2, 0) is 9.59 Å². The second kappa shape index (κ2) is 7.08. The number of hydrogen-bond donors (Lipinski definition) is 2. The third-order valence-electron chi connectivity index (χ3n) is 3.83. The molecule has 0 atom stereocenters. The lowest BCUT2D eigenvalue weighted by Crippen LogP contribution is -2.32. The van der Waals surface area contributed by atoms with Crippen LogP contribution in [0.3, 0.4) is 0 Å². The van der Waals surface area contributed by atoms with Crippen molar-refractivity contribution >= 4 is 23.2 Å². The van der Waals surface area contributed by atoms with Crippen LogP contribution >= 0.6 is 0 Å². The van der Waals surface area contributed by atoms with E-state index in [0.717, 1.165) is 12.8 Å². The maximum absolute atomic E-state index is 12.3. The summed E-state index contributed by atoms with van der Waals surface area (Å²) in [5, 5.41) is 5.71. The standard InChI is InChI=1S/C16H24N2O2/c1-5-14(19)17-12-9-8-10-13(11-12)18-15(20)16(4,6-2)7-3/h8-11H,5-7H2,1-4H3,(H,17,19)(H,18,20). The van der Waals surface area contributed by atoms with Crippen molar-refractivity contribution in [1.82, 2.24) is 0 Å². The average Bonchev–Trinajstić information content (AvgIpc) is 2.46. The minimum atomic E-state index is -0.358. The molecule has 1 aromatic rings. The normalized spacial score (nSPS) is 11.0. The highest BCUT2D eigenvalue weighted by Crippen LogP contribution is 2.27. The number of hydrogen-bond acceptors (Lipinski definition) is 2. The van der Waals surface area contributed by atoms with Crippen molar-refractivity contribution in [3.05, 3.63) is 24.3 Å². The molecule has 2 N–H and O–H groups in total. The summed E-state index contributed by atoms with van der Waals surface area (Å²) in [4.78, 5) is 23.7. The van der Waals surface area contributed by atoms with E-state index in [1.807, 2.05) is 39.0 Å². The Hall–Kier alpha value is -1.84. The maximum atomic E-state index is 12.3. The largest absolute Gasteiger partial charge is 0.326 e. The molecular weight excluding hydrogens is 252 g/mol. The molecule has 0 bridgehead atoms. The lowest BCUT2D eigenvalue weighted by Gasteiger charge is -2.25. The Morgan fingerprint density at radius 1 is 1.05 bits per heavy atom. The molecule has 4 nitrogen and oxygen atoms in total. The van der Waals surface area contributed by atoms with E-state index in [-0.39, 0.29) is 17.2 Å². The summed E-state index contributed by atoms with van der Waals surface area (Å²) >= 11 is 0. The van der Waals surface area contributed by atoms with Gasteiger partial charge < -0.3 is 10.6 Å². The van der Waals surface area contributed by atoms with Crippen molar-refractivity contribution in [2.24, 2.45) is 5.41 Å². The second-order valence-corrected chi connectivity index (χ2v) is 5.20. The quantitative estimate of drug-likeness (QED) is 0.830. The zero-order valence-electron chi connectivity index (χ0n) is 12.7. The van der Waals surface area contributed by atoms with Crippen LogP contribution in [-0.4, -0.2) is 11.8 Å². The first-order valence-electron chi connectivity index (χ1n) is 7.16. The van der Waals surface area contributed by atoms with Crippen molar-refractivity contribution in [1.29, 1.82) is 0 Å². The maximum Gasteiger partial charge on any atom is 0.230 e. The molecule has 20 heavy (non-hydrogen) atoms. The van der Waals surface area contributed by atoms with Gasteiger partial charge in [0.15, 0.2) is 0 Å². The lowest BCUT2D eigenvalue weighted by molar-refractivity contribution is -0.125. The molecule has 0 unspecified atom stereocenters. The Balaban J connectivity index is 2.80. The summed E-state index contributed by atoms with van der Waals surface area (Å²) in [6.45, 7) is 7.79. The Kier molecular flexibility index (Phi) is 5.74. The third-order valence-corrected chi connectivity index (χ3v) is 3.83. The number of anilines is 2. The van der Waals surface area contributed by atoms with Gasteiger partial charge in [0.2, 0.25) is 11.8 Å². The van der Waals surface area contributed by atoms with Gasteiger partial charge in [-0.3, -0.25) is 9.59 Å². The number of nitrogens with one attached hydrogen (secondary N) is 2. The Labute approximate surface area is 121 Å². The van der Waals surface area contributed by atoms with E-state index in [1.54, 1.807) is 13.0 Å². The van der Waals surface area contributed by atoms with Crippen LogP contribution in [0.2, 0.25) is 0 Å². The minimum Gasteiger partial charge on any atom is -0.326 e. The molecule has 110 valence electrons. The van der Waals surface area contributed by atoms with Gasteiger partial charge in [0.05, 0.1) is 0 Å². The van der Waals surface area contributed by atoms with Crippen molar-refractivity contribution < 1.29 is 9.59 Å². The van der Waals surface area contributed by atoms with Crippen LogP contribution in [0.1, 0.15) is 47.0 Å². The molecule has 0 heterocycles. The van der Waals surface area contributed by atoms with Crippen LogP contribution < -0.4 is 10.6 Å². The molecule has 2 amide bonds. The molecule has 1 rings (SSSR count). The van der Waals surface area contributed by atoms with Crippen LogP contribution in [0.4, 0.5) is 11.4 Å². The molecule has 1 aromatic carbocycles. The fraction of sp³-hybridized carbons (Fsp3) is 0.500. The molecule has 0 aliphatic heterocycles. The predicted octanol–water partition coefficient (Wildman–Crippen LogP) is 3.80. The molecule has 0 spiro atoms. The van der Waals surface area contributed by atoms with Crippen LogP contribution in [0, 0.1) is 5.41 Å². The SMILES string of the molecule is CCC(=O)Nc1cccc(NC(=O)C(C)(CC)CC)c1. The van der Waals surface area contributed by atoms with Gasteiger partial charge in [-0.1, -0.05) is 33.8 Å². The molecule has 0 aliphatic rings. The van der Waals surface area contributed by atoms with Crippen molar-refractivity contribution in [3.8, 4) is 0 Å². The van der Waals surface area contributed by atoms with E-state index >= 15 is 0 Å². The van der Waals surface area contributed by atoms with Gasteiger partial charge in [0.25, 0.3) is 0 Å². The summed E-state index contributed by atoms with van der Waals surface area (Å²) in [5.41, 5.74) is 1.05. The highest BCUT2D eigenvalue weighted by Gasteiger charge is 2.29. The minimum absolute atomic E-state index is 0.0152. The van der Waals surface area contributed by atoms with Gasteiger partial charge in [-0.05, 0) is 31.0 Å². The molecular formula is C16H24N2O2. The summed E-state index contributed by atoms with van der Waals surface area (Å²) in [7, 11) is 0. The summed E-state index contributed by atoms with van der Waals surface area (Å²) in [6.07, 6.45) is 2.02. The van der Waals surface area contributed by atoms with Gasteiger partial charge >= 0.3 is 0 Å². The fourth-order valence-electron chi connectivity index (χ4n) is 1.78. The average molecular weight is 276 g/mol. The molecule has 0 aromatic heterocycles. The van der Waals surface area contributed by atoms with E-state index < -0.39 is 0 Å². The molecule has 0 radical (unpaired) electrons. The molecule has 0 saturated heterocycles. The molecule has 4 heteroatoms. The Morgan fingerprint density at radius 2 is 1.60 bits per heavy atom. The van der Waals surface area contributed by atoms with Gasteiger partial charge in [-0.2, -0.15) is 0 Å². The molecule has 0 saturated carbocycles. The predicted molar refractivity (Wildman–Crippen MR) is 82.7 cm³/mol. The van der Waals surface area contributed by atoms with Crippen molar-refractivity contribution in [2.75, 3.05) is 10.6 Å². The van der Waals surface area contributed by atoms with Gasteiger partial charge in [0.1, 0.15) is 0 Å². The smallest absolute Gasteiger partial charge is 0.230 e. The summed E-state index contributed by atoms with van der Waals surface area (Å²) < 4.78 is 0. The van der Waals surface area contributed by atoms with E-state index in [4.69, 9.17) is 0 Å². The first-order chi connectivity index (χ1) is 9.45. The van der Waals surface area contributed by atoms with Crippen molar-refractivity contribution in [2.45, 2.75) is 47.0 Å². The Bertz CT molecular complexity index is 479. The Morgan fingerprint density at radius 3 is 2.10 bits per heavy atom. The first kappa shape index (κ1) is 16.2. The van der Waals surface area contributed by atoms with E-state index in [2.05, 4.69) is 10.6 Å². The van der Waals surface area contributed by atoms with Gasteiger partial charge in [-0.25, -0.2) is 0 Å². The third kappa shape index (κ3) is 4.08. The number of benzene rings is 1. The molecule has 0 aliphatic carbocycles. The summed E-state index contributed by atoms with van der Waals surface area (Å²) in [5.74, 6) is -0.0260.